The number of fused-ring (bicyclic) bond motifs is 4. The van der Waals surface area contributed by atoms with Crippen molar-refractivity contribution in [2.45, 2.75) is 39.7 Å². The summed E-state index contributed by atoms with van der Waals surface area (Å²) in [5, 5.41) is 15.2. The van der Waals surface area contributed by atoms with Crippen molar-refractivity contribution in [2.75, 3.05) is 13.2 Å². The topological polar surface area (TPSA) is 89.0 Å². The van der Waals surface area contributed by atoms with Crippen LogP contribution in [0.3, 0.4) is 0 Å². The number of benzene rings is 1. The molecule has 0 saturated carbocycles. The molecular formula is C25H28IN6O3P. The molecule has 5 rings (SSSR count). The molecule has 188 valence electrons. The molecule has 0 radical (unpaired) electrons. The van der Waals surface area contributed by atoms with E-state index < -0.39 is 0 Å². The van der Waals surface area contributed by atoms with E-state index in [1.54, 1.807) is 9.36 Å². The SMILES string of the molecule is CCOC(=O)Cn1nc2c(c1C)/C=C/c1nn(PI)c3ccc(cc13)-c1cnn(C)c1OCCCC2. The minimum absolute atomic E-state index is 0.101. The van der Waals surface area contributed by atoms with E-state index in [0.29, 0.717) is 19.6 Å². The molecule has 11 heteroatoms. The zero-order valence-electron chi connectivity index (χ0n) is 20.5. The lowest BCUT2D eigenvalue weighted by Crippen LogP contribution is -2.15. The molecule has 0 spiro atoms. The van der Waals surface area contributed by atoms with Crippen LogP contribution < -0.4 is 4.74 Å². The molecule has 4 aromatic rings. The van der Waals surface area contributed by atoms with E-state index in [1.165, 1.54) is 0 Å². The molecule has 0 amide bonds. The van der Waals surface area contributed by atoms with Crippen LogP contribution in [0.1, 0.15) is 42.4 Å². The fourth-order valence-electron chi connectivity index (χ4n) is 4.52. The van der Waals surface area contributed by atoms with Gasteiger partial charge >= 0.3 is 5.97 Å². The van der Waals surface area contributed by atoms with Crippen molar-refractivity contribution in [3.63, 3.8) is 0 Å². The maximum absolute atomic E-state index is 12.2. The Kier molecular flexibility index (Phi) is 7.43. The molecule has 1 unspecified atom stereocenters. The summed E-state index contributed by atoms with van der Waals surface area (Å²) in [7, 11) is 1.90. The third-order valence-electron chi connectivity index (χ3n) is 6.35. The van der Waals surface area contributed by atoms with Crippen molar-refractivity contribution >= 4 is 57.4 Å². The highest BCUT2D eigenvalue weighted by Gasteiger charge is 2.18. The number of rotatable bonds is 4. The smallest absolute Gasteiger partial charge is 0.327 e. The molecule has 4 heterocycles. The number of aromatic nitrogens is 6. The highest BCUT2D eigenvalue weighted by molar-refractivity contribution is 14.2. The molecule has 0 fully saturated rings. The second-order valence-corrected chi connectivity index (χ2v) is 10.7. The Bertz CT molecular complexity index is 1450. The van der Waals surface area contributed by atoms with E-state index in [0.717, 1.165) is 69.8 Å². The molecule has 0 saturated heterocycles. The summed E-state index contributed by atoms with van der Waals surface area (Å²) in [4.78, 5) is 12.2. The van der Waals surface area contributed by atoms with E-state index in [-0.39, 0.29) is 12.5 Å². The molecule has 1 atom stereocenters. The summed E-state index contributed by atoms with van der Waals surface area (Å²) in [6.07, 6.45) is 9.05. The van der Waals surface area contributed by atoms with E-state index in [2.05, 4.69) is 57.5 Å². The third kappa shape index (κ3) is 4.80. The predicted molar refractivity (Wildman–Crippen MR) is 151 cm³/mol. The van der Waals surface area contributed by atoms with Crippen molar-refractivity contribution in [3.05, 3.63) is 47.0 Å². The number of hydrogen-bond acceptors (Lipinski definition) is 6. The van der Waals surface area contributed by atoms with Gasteiger partial charge in [-0.15, -0.1) is 0 Å². The van der Waals surface area contributed by atoms with Crippen molar-refractivity contribution in [1.29, 1.82) is 0 Å². The van der Waals surface area contributed by atoms with Crippen LogP contribution >= 0.6 is 28.4 Å². The van der Waals surface area contributed by atoms with Crippen LogP contribution in [-0.2, 0) is 29.5 Å². The fourth-order valence-corrected chi connectivity index (χ4v) is 6.06. The van der Waals surface area contributed by atoms with Crippen LogP contribution in [-0.4, -0.2) is 48.3 Å². The van der Waals surface area contributed by atoms with Crippen LogP contribution in [0.5, 0.6) is 5.88 Å². The normalized spacial score (nSPS) is 14.9. The Labute approximate surface area is 224 Å². The van der Waals surface area contributed by atoms with Gasteiger partial charge in [-0.3, -0.25) is 9.48 Å². The van der Waals surface area contributed by atoms with Crippen LogP contribution in [0.25, 0.3) is 34.2 Å². The first-order valence-corrected chi connectivity index (χ1v) is 16.0. The van der Waals surface area contributed by atoms with Gasteiger partial charge in [-0.1, -0.05) is 6.07 Å². The van der Waals surface area contributed by atoms with Gasteiger partial charge in [-0.2, -0.15) is 15.3 Å². The summed E-state index contributed by atoms with van der Waals surface area (Å²) in [5.41, 5.74) is 6.92. The molecule has 2 bridgehead atoms. The fraction of sp³-hybridized carbons (Fsp3) is 0.360. The summed E-state index contributed by atoms with van der Waals surface area (Å²) in [5.74, 6) is 0.479. The molecular weight excluding hydrogens is 590 g/mol. The van der Waals surface area contributed by atoms with Crippen LogP contribution in [0, 0.1) is 6.92 Å². The summed E-state index contributed by atoms with van der Waals surface area (Å²) in [6.45, 7) is 4.85. The van der Waals surface area contributed by atoms with Crippen LogP contribution in [0.4, 0.5) is 0 Å². The zero-order valence-corrected chi connectivity index (χ0v) is 23.7. The molecule has 1 aromatic carbocycles. The Morgan fingerprint density at radius 1 is 1.25 bits per heavy atom. The average Bonchev–Trinajstić information content (AvgIpc) is 3.50. The quantitative estimate of drug-likeness (QED) is 0.178. The van der Waals surface area contributed by atoms with Crippen molar-refractivity contribution in [1.82, 2.24) is 29.1 Å². The average molecular weight is 618 g/mol. The Hall–Kier alpha value is -2.72. The first-order chi connectivity index (χ1) is 17.5. The lowest BCUT2D eigenvalue weighted by atomic mass is 10.0. The predicted octanol–water partition coefficient (Wildman–Crippen LogP) is 5.18. The van der Waals surface area contributed by atoms with Gasteiger partial charge in [0.25, 0.3) is 0 Å². The third-order valence-corrected chi connectivity index (χ3v) is 8.22. The van der Waals surface area contributed by atoms with Gasteiger partial charge in [0.2, 0.25) is 5.88 Å². The van der Waals surface area contributed by atoms with E-state index in [4.69, 9.17) is 19.7 Å². The maximum atomic E-state index is 12.2. The summed E-state index contributed by atoms with van der Waals surface area (Å²) < 4.78 is 16.9. The number of nitrogens with zero attached hydrogens (tertiary/aromatic N) is 6. The van der Waals surface area contributed by atoms with Gasteiger partial charge < -0.3 is 9.47 Å². The molecule has 36 heavy (non-hydrogen) atoms. The van der Waals surface area contributed by atoms with Crippen molar-refractivity contribution in [2.24, 2.45) is 7.05 Å². The number of hydrogen-bond donors (Lipinski definition) is 0. The van der Waals surface area contributed by atoms with Gasteiger partial charge in [-0.25, -0.2) is 9.13 Å². The number of carbonyl (C=O) groups is 1. The molecule has 0 N–H and O–H groups in total. The molecule has 0 aliphatic carbocycles. The minimum atomic E-state index is -0.284. The first-order valence-electron chi connectivity index (χ1n) is 11.9. The number of ether oxygens (including phenoxy) is 2. The number of halogens is 1. The Morgan fingerprint density at radius 2 is 2.11 bits per heavy atom. The van der Waals surface area contributed by atoms with Gasteiger partial charge in [0.15, 0.2) is 0 Å². The molecule has 1 aliphatic rings. The highest BCUT2D eigenvalue weighted by atomic mass is 127. The van der Waals surface area contributed by atoms with E-state index in [1.807, 2.05) is 31.5 Å². The maximum Gasteiger partial charge on any atom is 0.327 e. The van der Waals surface area contributed by atoms with Gasteiger partial charge in [0, 0.05) is 23.7 Å². The van der Waals surface area contributed by atoms with Crippen molar-refractivity contribution < 1.29 is 14.3 Å². The Morgan fingerprint density at radius 3 is 2.92 bits per heavy atom. The molecule has 3 aromatic heterocycles. The number of esters is 1. The van der Waals surface area contributed by atoms with Gasteiger partial charge in [0.05, 0.1) is 48.3 Å². The van der Waals surface area contributed by atoms with Crippen molar-refractivity contribution in [3.8, 4) is 17.0 Å². The first kappa shape index (κ1) is 25.0. The molecule has 1 aliphatic heterocycles. The van der Waals surface area contributed by atoms with Crippen LogP contribution in [0.2, 0.25) is 0 Å². The minimum Gasteiger partial charge on any atom is -0.477 e. The zero-order chi connectivity index (χ0) is 25.2. The largest absolute Gasteiger partial charge is 0.477 e. The standard InChI is InChI=1S/C25H28IN6O3P/c1-4-34-24(33)15-31-16(2)18-9-10-22-19-13-17(8-11-23(19)32(29-22)36-26)20-14-27-30(3)25(20)35-12-6-5-7-21(18)28-31/h8-11,13-14,36H,4-7,12,15H2,1-3H3/b10-9+. The highest BCUT2D eigenvalue weighted by Crippen LogP contribution is 2.36. The second-order valence-electron chi connectivity index (χ2n) is 8.65. The van der Waals surface area contributed by atoms with E-state index in [9.17, 15) is 4.79 Å². The molecule has 9 nitrogen and oxygen atoms in total. The van der Waals surface area contributed by atoms with Gasteiger partial charge in [0.1, 0.15) is 6.54 Å². The van der Waals surface area contributed by atoms with Gasteiger partial charge in [-0.05, 0) is 85.0 Å². The summed E-state index contributed by atoms with van der Waals surface area (Å²) >= 11 is 2.35. The van der Waals surface area contributed by atoms with Crippen LogP contribution in [0.15, 0.2) is 24.4 Å². The number of aryl methyl sites for hydroxylation is 2. The lowest BCUT2D eigenvalue weighted by Gasteiger charge is -2.09. The summed E-state index contributed by atoms with van der Waals surface area (Å²) in [6, 6.07) is 6.38. The second kappa shape index (κ2) is 10.7. The Balaban J connectivity index is 1.62. The lowest BCUT2D eigenvalue weighted by molar-refractivity contribution is -0.144. The number of carbonyl (C=O) groups excluding carboxylic acids is 1. The van der Waals surface area contributed by atoms with E-state index >= 15 is 0 Å². The monoisotopic (exact) mass is 618 g/mol.